The number of aliphatic hydroxyl groups is 1. The van der Waals surface area contributed by atoms with Crippen molar-refractivity contribution in [2.75, 3.05) is 32.7 Å². The maximum Gasteiger partial charge on any atom is 0.257 e. The Hall–Kier alpha value is -0.690. The van der Waals surface area contributed by atoms with Crippen molar-refractivity contribution in [1.29, 1.82) is 0 Å². The molecule has 2 heterocycles. The molecule has 7 heteroatoms. The lowest BCUT2D eigenvalue weighted by Gasteiger charge is -2.37. The quantitative estimate of drug-likeness (QED) is 0.820. The number of aromatic nitrogens is 1. The van der Waals surface area contributed by atoms with Gasteiger partial charge in [0.25, 0.3) is 5.91 Å². The Balaban J connectivity index is 1.99. The van der Waals surface area contributed by atoms with Crippen LogP contribution in [0.25, 0.3) is 0 Å². The van der Waals surface area contributed by atoms with Crippen molar-refractivity contribution in [3.05, 3.63) is 27.5 Å². The molecule has 5 nitrogen and oxygen atoms in total. The lowest BCUT2D eigenvalue weighted by Crippen LogP contribution is -2.52. The summed E-state index contributed by atoms with van der Waals surface area (Å²) in [5.74, 6) is -0.100. The lowest BCUT2D eigenvalue weighted by atomic mass is 10.1. The van der Waals surface area contributed by atoms with E-state index in [-0.39, 0.29) is 11.1 Å². The van der Waals surface area contributed by atoms with Crippen LogP contribution >= 0.6 is 27.5 Å². The predicted octanol–water partition coefficient (Wildman–Crippen LogP) is 2.03. The van der Waals surface area contributed by atoms with Crippen LogP contribution in [0.4, 0.5) is 0 Å². The molecule has 1 aliphatic rings. The van der Waals surface area contributed by atoms with Gasteiger partial charge in [-0.25, -0.2) is 4.98 Å². The Bertz CT molecular complexity index is 525. The molecule has 1 N–H and O–H groups in total. The Morgan fingerprint density at radius 1 is 1.43 bits per heavy atom. The van der Waals surface area contributed by atoms with Gasteiger partial charge in [0.1, 0.15) is 5.15 Å². The molecule has 0 aliphatic carbocycles. The van der Waals surface area contributed by atoms with E-state index in [0.717, 1.165) is 17.6 Å². The highest BCUT2D eigenvalue weighted by Gasteiger charge is 2.26. The maximum absolute atomic E-state index is 12.5. The van der Waals surface area contributed by atoms with Crippen LogP contribution in [0.1, 0.15) is 24.2 Å². The van der Waals surface area contributed by atoms with Crippen LogP contribution in [0.2, 0.25) is 5.15 Å². The van der Waals surface area contributed by atoms with Gasteiger partial charge in [-0.1, -0.05) is 11.6 Å². The van der Waals surface area contributed by atoms with E-state index >= 15 is 0 Å². The van der Waals surface area contributed by atoms with Crippen molar-refractivity contribution in [2.24, 2.45) is 0 Å². The molecule has 2 rings (SSSR count). The van der Waals surface area contributed by atoms with Gasteiger partial charge in [-0.3, -0.25) is 9.69 Å². The molecule has 0 radical (unpaired) electrons. The molecule has 0 bridgehead atoms. The van der Waals surface area contributed by atoms with Crippen molar-refractivity contribution in [2.45, 2.75) is 19.4 Å². The average Bonchev–Trinajstić information content (AvgIpc) is 2.40. The molecule has 21 heavy (non-hydrogen) atoms. The minimum Gasteiger partial charge on any atom is -0.389 e. The van der Waals surface area contributed by atoms with Crippen LogP contribution in [0.3, 0.4) is 0 Å². The largest absolute Gasteiger partial charge is 0.389 e. The molecule has 0 unspecified atom stereocenters. The first-order chi connectivity index (χ1) is 9.76. The molecule has 1 aliphatic heterocycles. The summed E-state index contributed by atoms with van der Waals surface area (Å²) in [6.45, 7) is 6.92. The molecular weight excluding hydrogens is 358 g/mol. The zero-order chi connectivity index (χ0) is 15.6. The van der Waals surface area contributed by atoms with Gasteiger partial charge in [0, 0.05) is 43.4 Å². The predicted molar refractivity (Wildman–Crippen MR) is 85.6 cm³/mol. The summed E-state index contributed by atoms with van der Waals surface area (Å²) < 4.78 is 0.732. The fraction of sp³-hybridized carbons (Fsp3) is 0.571. The van der Waals surface area contributed by atoms with Gasteiger partial charge in [0.2, 0.25) is 0 Å². The van der Waals surface area contributed by atoms with Gasteiger partial charge < -0.3 is 10.0 Å². The second kappa shape index (κ2) is 6.60. The molecule has 0 saturated carbocycles. The molecule has 0 spiro atoms. The van der Waals surface area contributed by atoms with E-state index in [0.29, 0.717) is 25.2 Å². The van der Waals surface area contributed by atoms with Crippen molar-refractivity contribution in [1.82, 2.24) is 14.8 Å². The Labute approximate surface area is 138 Å². The van der Waals surface area contributed by atoms with Gasteiger partial charge in [-0.15, -0.1) is 0 Å². The van der Waals surface area contributed by atoms with Gasteiger partial charge in [0.05, 0.1) is 11.2 Å². The van der Waals surface area contributed by atoms with E-state index in [4.69, 9.17) is 11.6 Å². The Morgan fingerprint density at radius 2 is 2.05 bits per heavy atom. The summed E-state index contributed by atoms with van der Waals surface area (Å²) in [4.78, 5) is 20.4. The number of hydrogen-bond acceptors (Lipinski definition) is 4. The number of β-amino-alcohol motifs (C(OH)–C–C–N with tert-alkyl or cyclic N) is 1. The van der Waals surface area contributed by atoms with Crippen LogP contribution in [-0.2, 0) is 0 Å². The number of carbonyl (C=O) groups excluding carboxylic acids is 1. The Morgan fingerprint density at radius 3 is 2.62 bits per heavy atom. The van der Waals surface area contributed by atoms with E-state index < -0.39 is 5.60 Å². The minimum atomic E-state index is -0.719. The van der Waals surface area contributed by atoms with Crippen molar-refractivity contribution >= 4 is 33.4 Å². The summed E-state index contributed by atoms with van der Waals surface area (Å²) in [5.41, 5.74) is -0.300. The van der Waals surface area contributed by atoms with E-state index in [2.05, 4.69) is 25.8 Å². The molecule has 1 fully saturated rings. The standard InChI is InChI=1S/C14H19BrClN3O2/c1-14(2,21)9-18-3-5-19(6-4-18)13(20)11-7-10(15)8-17-12(11)16/h7-8,21H,3-6,9H2,1-2H3. The highest BCUT2D eigenvalue weighted by atomic mass is 79.9. The van der Waals surface area contributed by atoms with E-state index in [1.807, 2.05) is 0 Å². The molecule has 116 valence electrons. The summed E-state index contributed by atoms with van der Waals surface area (Å²) in [5, 5.41) is 10.1. The number of hydrogen-bond donors (Lipinski definition) is 1. The zero-order valence-electron chi connectivity index (χ0n) is 12.1. The summed E-state index contributed by atoms with van der Waals surface area (Å²) in [6.07, 6.45) is 1.57. The SMILES string of the molecule is CC(C)(O)CN1CCN(C(=O)c2cc(Br)cnc2Cl)CC1. The molecule has 0 aromatic carbocycles. The Kier molecular flexibility index (Phi) is 5.24. The first-order valence-electron chi connectivity index (χ1n) is 6.81. The number of halogens is 2. The van der Waals surface area contributed by atoms with Gasteiger partial charge >= 0.3 is 0 Å². The fourth-order valence-electron chi connectivity index (χ4n) is 2.40. The zero-order valence-corrected chi connectivity index (χ0v) is 14.5. The number of nitrogens with zero attached hydrogens (tertiary/aromatic N) is 3. The molecule has 1 aromatic heterocycles. The molecule has 0 atom stereocenters. The average molecular weight is 377 g/mol. The van der Waals surface area contributed by atoms with Crippen LogP contribution < -0.4 is 0 Å². The monoisotopic (exact) mass is 375 g/mol. The first-order valence-corrected chi connectivity index (χ1v) is 7.98. The smallest absolute Gasteiger partial charge is 0.257 e. The second-order valence-electron chi connectivity index (χ2n) is 5.87. The fourth-order valence-corrected chi connectivity index (χ4v) is 2.91. The van der Waals surface area contributed by atoms with Gasteiger partial charge in [0.15, 0.2) is 0 Å². The summed E-state index contributed by atoms with van der Waals surface area (Å²) in [6, 6.07) is 1.70. The number of piperazine rings is 1. The molecular formula is C14H19BrClN3O2. The summed E-state index contributed by atoms with van der Waals surface area (Å²) in [7, 11) is 0. The van der Waals surface area contributed by atoms with Crippen molar-refractivity contribution in [3.63, 3.8) is 0 Å². The third kappa shape index (κ3) is 4.64. The van der Waals surface area contributed by atoms with E-state index in [1.165, 1.54) is 0 Å². The third-order valence-corrected chi connectivity index (χ3v) is 4.04. The first kappa shape index (κ1) is 16.7. The van der Waals surface area contributed by atoms with E-state index in [9.17, 15) is 9.90 Å². The third-order valence-electron chi connectivity index (χ3n) is 3.31. The molecule has 1 aromatic rings. The minimum absolute atomic E-state index is 0.100. The molecule has 1 saturated heterocycles. The molecule has 1 amide bonds. The second-order valence-corrected chi connectivity index (χ2v) is 7.15. The van der Waals surface area contributed by atoms with Gasteiger partial charge in [-0.05, 0) is 35.8 Å². The summed E-state index contributed by atoms with van der Waals surface area (Å²) >= 11 is 9.31. The maximum atomic E-state index is 12.5. The van der Waals surface area contributed by atoms with Gasteiger partial charge in [-0.2, -0.15) is 0 Å². The lowest BCUT2D eigenvalue weighted by molar-refractivity contribution is 0.0178. The normalized spacial score (nSPS) is 17.1. The van der Waals surface area contributed by atoms with Crippen molar-refractivity contribution in [3.8, 4) is 0 Å². The number of carbonyl (C=O) groups is 1. The van der Waals surface area contributed by atoms with Crippen LogP contribution in [0.15, 0.2) is 16.7 Å². The van der Waals surface area contributed by atoms with Crippen LogP contribution in [0, 0.1) is 0 Å². The number of pyridine rings is 1. The number of rotatable bonds is 3. The topological polar surface area (TPSA) is 56.7 Å². The number of amides is 1. The highest BCUT2D eigenvalue weighted by Crippen LogP contribution is 2.20. The van der Waals surface area contributed by atoms with Crippen molar-refractivity contribution < 1.29 is 9.90 Å². The highest BCUT2D eigenvalue weighted by molar-refractivity contribution is 9.10. The van der Waals surface area contributed by atoms with E-state index in [1.54, 1.807) is 31.0 Å². The van der Waals surface area contributed by atoms with Crippen LogP contribution in [-0.4, -0.2) is 64.1 Å². The van der Waals surface area contributed by atoms with Crippen LogP contribution in [0.5, 0.6) is 0 Å².